The van der Waals surface area contributed by atoms with Crippen molar-refractivity contribution in [2.75, 3.05) is 49.6 Å². The third-order valence-electron chi connectivity index (χ3n) is 8.53. The van der Waals surface area contributed by atoms with E-state index >= 15 is 0 Å². The molecule has 2 atom stereocenters. The Morgan fingerprint density at radius 3 is 2.50 bits per heavy atom. The number of rotatable bonds is 9. The molecule has 2 aliphatic carbocycles. The Kier molecular flexibility index (Phi) is 7.48. The molecule has 4 fully saturated rings. The van der Waals surface area contributed by atoms with Crippen LogP contribution in [0.1, 0.15) is 51.4 Å². The number of benzene rings is 1. The highest BCUT2D eigenvalue weighted by Gasteiger charge is 2.55. The van der Waals surface area contributed by atoms with Gasteiger partial charge in [0.25, 0.3) is 0 Å². The molecule has 36 heavy (non-hydrogen) atoms. The van der Waals surface area contributed by atoms with Gasteiger partial charge in [-0.1, -0.05) is 25.7 Å². The molecule has 2 N–H and O–H groups in total. The molecule has 196 valence electrons. The number of nitrogens with zero attached hydrogens (tertiary/aromatic N) is 3. The third kappa shape index (κ3) is 5.67. The number of nitrogens with one attached hydrogen (secondary N) is 1. The van der Waals surface area contributed by atoms with Gasteiger partial charge in [0.05, 0.1) is 25.7 Å². The number of hydrogen-bond donors (Lipinski definition) is 2. The van der Waals surface area contributed by atoms with Gasteiger partial charge in [0.15, 0.2) is 0 Å². The summed E-state index contributed by atoms with van der Waals surface area (Å²) < 4.78 is 5.42. The number of carbonyl (C=O) groups excluding carboxylic acids is 3. The second kappa shape index (κ2) is 10.8. The summed E-state index contributed by atoms with van der Waals surface area (Å²) in [5.74, 6) is -0.356. The van der Waals surface area contributed by atoms with Crippen molar-refractivity contribution in [2.24, 2.45) is 17.3 Å². The van der Waals surface area contributed by atoms with Crippen molar-refractivity contribution in [3.63, 3.8) is 0 Å². The Hall–Kier alpha value is -2.65. The quantitative estimate of drug-likeness (QED) is 0.308. The lowest BCUT2D eigenvalue weighted by molar-refractivity contribution is -0.158. The van der Waals surface area contributed by atoms with E-state index in [0.717, 1.165) is 57.3 Å². The molecule has 2 aliphatic heterocycles. The smallest absolute Gasteiger partial charge is 0.247 e. The molecular formula is C27H38N4O5. The second-order valence-corrected chi connectivity index (χ2v) is 11.1. The summed E-state index contributed by atoms with van der Waals surface area (Å²) in [7, 11) is 0. The van der Waals surface area contributed by atoms with Crippen LogP contribution in [0.3, 0.4) is 0 Å². The zero-order valence-corrected chi connectivity index (χ0v) is 20.9. The Morgan fingerprint density at radius 2 is 1.86 bits per heavy atom. The van der Waals surface area contributed by atoms with E-state index in [4.69, 9.17) is 4.74 Å². The molecule has 3 amide bonds. The maximum Gasteiger partial charge on any atom is 0.247 e. The van der Waals surface area contributed by atoms with Crippen molar-refractivity contribution < 1.29 is 24.3 Å². The molecule has 2 saturated heterocycles. The minimum atomic E-state index is -0.534. The van der Waals surface area contributed by atoms with Crippen LogP contribution in [0, 0.1) is 17.3 Å². The lowest BCUT2D eigenvalue weighted by Gasteiger charge is -2.30. The number of anilines is 2. The minimum absolute atomic E-state index is 0.0281. The molecule has 2 heterocycles. The first kappa shape index (κ1) is 25.0. The highest BCUT2D eigenvalue weighted by molar-refractivity contribution is 5.98. The van der Waals surface area contributed by atoms with Gasteiger partial charge in [0, 0.05) is 31.0 Å². The minimum Gasteiger partial charge on any atom is -0.378 e. The molecule has 1 aromatic rings. The molecule has 0 radical (unpaired) electrons. The summed E-state index contributed by atoms with van der Waals surface area (Å²) in [4.78, 5) is 42.3. The Morgan fingerprint density at radius 1 is 1.17 bits per heavy atom. The number of likely N-dealkylation sites (tertiary alicyclic amines) is 1. The second-order valence-electron chi connectivity index (χ2n) is 11.1. The lowest BCUT2D eigenvalue weighted by Crippen LogP contribution is -2.48. The molecule has 1 aromatic carbocycles. The van der Waals surface area contributed by atoms with Crippen LogP contribution in [0.2, 0.25) is 0 Å². The molecule has 2 unspecified atom stereocenters. The Bertz CT molecular complexity index is 938. The van der Waals surface area contributed by atoms with Crippen molar-refractivity contribution >= 4 is 29.6 Å². The number of amides is 3. The highest BCUT2D eigenvalue weighted by atomic mass is 16.5. The van der Waals surface area contributed by atoms with E-state index in [9.17, 15) is 19.6 Å². The summed E-state index contributed by atoms with van der Waals surface area (Å²) >= 11 is 0. The Labute approximate surface area is 212 Å². The van der Waals surface area contributed by atoms with Crippen LogP contribution in [-0.2, 0) is 19.1 Å². The summed E-state index contributed by atoms with van der Waals surface area (Å²) in [6.45, 7) is 3.69. The van der Waals surface area contributed by atoms with Crippen LogP contribution < -0.4 is 10.2 Å². The molecule has 0 aromatic heterocycles. The van der Waals surface area contributed by atoms with Crippen LogP contribution in [0.5, 0.6) is 0 Å². The van der Waals surface area contributed by atoms with Gasteiger partial charge in [-0.3, -0.25) is 19.6 Å². The van der Waals surface area contributed by atoms with Crippen LogP contribution in [-0.4, -0.2) is 78.8 Å². The van der Waals surface area contributed by atoms with Gasteiger partial charge in [-0.25, -0.2) is 5.06 Å². The van der Waals surface area contributed by atoms with Gasteiger partial charge in [0.2, 0.25) is 18.2 Å². The van der Waals surface area contributed by atoms with Crippen molar-refractivity contribution in [2.45, 2.75) is 57.4 Å². The monoisotopic (exact) mass is 498 g/mol. The molecule has 1 spiro atoms. The van der Waals surface area contributed by atoms with Crippen molar-refractivity contribution in [1.82, 2.24) is 9.96 Å². The molecule has 0 bridgehead atoms. The van der Waals surface area contributed by atoms with E-state index < -0.39 is 12.0 Å². The van der Waals surface area contributed by atoms with Gasteiger partial charge in [-0.05, 0) is 61.3 Å². The SMILES string of the molecule is O=CN(O)CC(CC1CCCC1)C(=O)N1CC2(CC2)CC1C(=O)Nc1ccc(N2CCOCC2)cc1. The summed E-state index contributed by atoms with van der Waals surface area (Å²) in [6.07, 6.45) is 8.19. The number of carbonyl (C=O) groups is 3. The number of ether oxygens (including phenoxy) is 1. The zero-order chi connectivity index (χ0) is 25.1. The maximum absolute atomic E-state index is 13.8. The molecule has 9 heteroatoms. The summed E-state index contributed by atoms with van der Waals surface area (Å²) in [5.41, 5.74) is 1.86. The fraction of sp³-hybridized carbons (Fsp3) is 0.667. The van der Waals surface area contributed by atoms with Crippen molar-refractivity contribution in [3.05, 3.63) is 24.3 Å². The van der Waals surface area contributed by atoms with Gasteiger partial charge >= 0.3 is 0 Å². The molecule has 2 saturated carbocycles. The average molecular weight is 499 g/mol. The lowest BCUT2D eigenvalue weighted by atomic mass is 9.91. The molecule has 5 rings (SSSR count). The first-order chi connectivity index (χ1) is 17.5. The van der Waals surface area contributed by atoms with E-state index in [1.54, 1.807) is 4.90 Å². The van der Waals surface area contributed by atoms with E-state index in [0.29, 0.717) is 55.7 Å². The van der Waals surface area contributed by atoms with E-state index in [2.05, 4.69) is 10.2 Å². The fourth-order valence-corrected chi connectivity index (χ4v) is 6.27. The maximum atomic E-state index is 13.8. The van der Waals surface area contributed by atoms with Crippen molar-refractivity contribution in [1.29, 1.82) is 0 Å². The van der Waals surface area contributed by atoms with E-state index in [-0.39, 0.29) is 23.8 Å². The fourth-order valence-electron chi connectivity index (χ4n) is 6.27. The number of hydrogen-bond acceptors (Lipinski definition) is 6. The standard InChI is InChI=1S/C27H38N4O5/c32-19-30(35)17-21(15-20-3-1-2-4-20)26(34)31-18-27(9-10-27)16-24(31)25(33)28-22-5-7-23(8-6-22)29-11-13-36-14-12-29/h5-8,19-21,24,35H,1-4,9-18H2,(H,28,33). The van der Waals surface area contributed by atoms with E-state index in [1.807, 2.05) is 24.3 Å². The molecular weight excluding hydrogens is 460 g/mol. The summed E-state index contributed by atoms with van der Waals surface area (Å²) in [6, 6.07) is 7.30. The third-order valence-corrected chi connectivity index (χ3v) is 8.53. The van der Waals surface area contributed by atoms with Gasteiger partial charge in [-0.2, -0.15) is 0 Å². The number of hydroxylamine groups is 2. The van der Waals surface area contributed by atoms with Crippen LogP contribution in [0.15, 0.2) is 24.3 Å². The first-order valence-corrected chi connectivity index (χ1v) is 13.4. The first-order valence-electron chi connectivity index (χ1n) is 13.4. The van der Waals surface area contributed by atoms with Crippen molar-refractivity contribution in [3.8, 4) is 0 Å². The number of morpholine rings is 1. The van der Waals surface area contributed by atoms with E-state index in [1.165, 1.54) is 0 Å². The Balaban J connectivity index is 1.27. The van der Waals surface area contributed by atoms with Crippen LogP contribution in [0.25, 0.3) is 0 Å². The predicted octanol–water partition coefficient (Wildman–Crippen LogP) is 2.89. The average Bonchev–Trinajstić information content (AvgIpc) is 3.27. The normalized spacial score (nSPS) is 24.1. The largest absolute Gasteiger partial charge is 0.378 e. The topological polar surface area (TPSA) is 102 Å². The highest BCUT2D eigenvalue weighted by Crippen LogP contribution is 2.55. The van der Waals surface area contributed by atoms with Gasteiger partial charge in [0.1, 0.15) is 6.04 Å². The molecule has 4 aliphatic rings. The molecule has 9 nitrogen and oxygen atoms in total. The van der Waals surface area contributed by atoms with Crippen LogP contribution in [0.4, 0.5) is 11.4 Å². The summed E-state index contributed by atoms with van der Waals surface area (Å²) in [5, 5.41) is 13.5. The predicted molar refractivity (Wildman–Crippen MR) is 135 cm³/mol. The van der Waals surface area contributed by atoms with Gasteiger partial charge in [-0.15, -0.1) is 0 Å². The van der Waals surface area contributed by atoms with Gasteiger partial charge < -0.3 is 19.9 Å². The van der Waals surface area contributed by atoms with Crippen LogP contribution >= 0.6 is 0 Å². The zero-order valence-electron chi connectivity index (χ0n) is 20.9.